The normalized spacial score (nSPS) is 13.3. The first-order valence-electron chi connectivity index (χ1n) is 3.49. The molecule has 0 radical (unpaired) electrons. The highest BCUT2D eigenvalue weighted by molar-refractivity contribution is 9.09. The Morgan fingerprint density at radius 2 is 1.69 bits per heavy atom. The Kier molecular flexibility index (Phi) is 5.55. The van der Waals surface area contributed by atoms with Gasteiger partial charge in [-0.25, -0.2) is 9.09 Å². The number of rotatable bonds is 6. The molecule has 0 saturated carbocycles. The molecule has 0 aromatic carbocycles. The summed E-state index contributed by atoms with van der Waals surface area (Å²) in [7, 11) is -4.14. The summed E-state index contributed by atoms with van der Waals surface area (Å²) in [6, 6.07) is 0. The van der Waals surface area contributed by atoms with Crippen LogP contribution in [-0.2, 0) is 18.1 Å². The van der Waals surface area contributed by atoms with E-state index in [1.807, 2.05) is 15.9 Å². The molecule has 0 amide bonds. The summed E-state index contributed by atoms with van der Waals surface area (Å²) in [6.45, 7) is 2.89. The van der Waals surface area contributed by atoms with E-state index in [0.29, 0.717) is 0 Å². The van der Waals surface area contributed by atoms with Crippen molar-refractivity contribution in [3.05, 3.63) is 0 Å². The molecular weight excluding hydrogens is 273 g/mol. The van der Waals surface area contributed by atoms with E-state index in [2.05, 4.69) is 13.6 Å². The molecule has 0 saturated heterocycles. The predicted molar refractivity (Wildman–Crippen MR) is 45.8 cm³/mol. The quantitative estimate of drug-likeness (QED) is 0.555. The predicted octanol–water partition coefficient (Wildman–Crippen LogP) is 3.13. The van der Waals surface area contributed by atoms with E-state index in [1.54, 1.807) is 0 Å². The molecule has 0 bridgehead atoms. The van der Waals surface area contributed by atoms with Gasteiger partial charge in [0.05, 0.1) is 13.2 Å². The molecule has 80 valence electrons. The van der Waals surface area contributed by atoms with Crippen LogP contribution in [0.15, 0.2) is 0 Å². The van der Waals surface area contributed by atoms with Gasteiger partial charge in [0.15, 0.2) is 0 Å². The van der Waals surface area contributed by atoms with Crippen LogP contribution in [0.2, 0.25) is 0 Å². The van der Waals surface area contributed by atoms with Crippen LogP contribution in [0.3, 0.4) is 0 Å². The second-order valence-electron chi connectivity index (χ2n) is 1.82. The second-order valence-corrected chi connectivity index (χ2v) is 4.34. The number of phosphoric ester groups is 1. The van der Waals surface area contributed by atoms with E-state index in [4.69, 9.17) is 0 Å². The van der Waals surface area contributed by atoms with E-state index in [-0.39, 0.29) is 13.2 Å². The molecule has 0 heterocycles. The average molecular weight is 283 g/mol. The van der Waals surface area contributed by atoms with Crippen LogP contribution in [0.25, 0.3) is 0 Å². The lowest BCUT2D eigenvalue weighted by Crippen LogP contribution is -2.12. The SMILES string of the molecule is CCOP(=O)(OCC)OC(F)(F)Br. The maximum atomic E-state index is 12.2. The standard InChI is InChI=1S/C5H10BrF2O4P/c1-3-10-13(9,11-4-2)12-5(6,7)8/h3-4H2,1-2H3. The highest BCUT2D eigenvalue weighted by Crippen LogP contribution is 2.54. The molecule has 0 aromatic heterocycles. The lowest BCUT2D eigenvalue weighted by molar-refractivity contribution is -0.103. The fraction of sp³-hybridized carbons (Fsp3) is 1.00. The Hall–Kier alpha value is 0.450. The van der Waals surface area contributed by atoms with Crippen molar-refractivity contribution in [1.82, 2.24) is 0 Å². The van der Waals surface area contributed by atoms with Crippen LogP contribution < -0.4 is 0 Å². The number of hydrogen-bond donors (Lipinski definition) is 0. The molecule has 0 spiro atoms. The molecular formula is C5H10BrF2O4P. The summed E-state index contributed by atoms with van der Waals surface area (Å²) in [5.74, 6) is 0. The van der Waals surface area contributed by atoms with Gasteiger partial charge in [0.25, 0.3) is 0 Å². The molecule has 0 N–H and O–H groups in total. The van der Waals surface area contributed by atoms with Crippen molar-refractivity contribution < 1.29 is 26.9 Å². The molecule has 0 unspecified atom stereocenters. The van der Waals surface area contributed by atoms with E-state index < -0.39 is 12.8 Å². The lowest BCUT2D eigenvalue weighted by atomic mass is 10.9. The van der Waals surface area contributed by atoms with Gasteiger partial charge >= 0.3 is 12.8 Å². The molecule has 8 heteroatoms. The van der Waals surface area contributed by atoms with Crippen molar-refractivity contribution in [3.8, 4) is 0 Å². The third-order valence-electron chi connectivity index (χ3n) is 0.790. The smallest absolute Gasteiger partial charge is 0.287 e. The van der Waals surface area contributed by atoms with Crippen molar-refractivity contribution in [3.63, 3.8) is 0 Å². The van der Waals surface area contributed by atoms with Crippen LogP contribution in [0.1, 0.15) is 13.8 Å². The summed E-state index contributed by atoms with van der Waals surface area (Å²) in [5, 5.41) is -3.72. The van der Waals surface area contributed by atoms with Crippen LogP contribution in [0.5, 0.6) is 0 Å². The number of phosphoric acid groups is 1. The summed E-state index contributed by atoms with van der Waals surface area (Å²) in [6.07, 6.45) is 0. The van der Waals surface area contributed by atoms with Gasteiger partial charge in [-0.3, -0.25) is 9.05 Å². The highest BCUT2D eigenvalue weighted by atomic mass is 79.9. The molecule has 0 fully saturated rings. The molecule has 0 aliphatic heterocycles. The molecule has 0 aliphatic rings. The molecule has 13 heavy (non-hydrogen) atoms. The molecule has 0 atom stereocenters. The van der Waals surface area contributed by atoms with Crippen LogP contribution in [-0.4, -0.2) is 18.2 Å². The van der Waals surface area contributed by atoms with E-state index in [1.165, 1.54) is 13.8 Å². The van der Waals surface area contributed by atoms with Gasteiger partial charge in [0.2, 0.25) is 0 Å². The first kappa shape index (κ1) is 13.4. The fourth-order valence-corrected chi connectivity index (χ4v) is 2.13. The van der Waals surface area contributed by atoms with Crippen molar-refractivity contribution in [2.75, 3.05) is 13.2 Å². The Balaban J connectivity index is 4.33. The second kappa shape index (κ2) is 5.36. The van der Waals surface area contributed by atoms with Crippen molar-refractivity contribution in [1.29, 1.82) is 0 Å². The van der Waals surface area contributed by atoms with Crippen LogP contribution in [0.4, 0.5) is 8.78 Å². The Labute approximate surface area is 83.3 Å². The monoisotopic (exact) mass is 282 g/mol. The van der Waals surface area contributed by atoms with Gasteiger partial charge < -0.3 is 0 Å². The Morgan fingerprint density at radius 3 is 1.92 bits per heavy atom. The van der Waals surface area contributed by atoms with Gasteiger partial charge in [0, 0.05) is 15.9 Å². The van der Waals surface area contributed by atoms with E-state index >= 15 is 0 Å². The first-order valence-corrected chi connectivity index (χ1v) is 5.75. The van der Waals surface area contributed by atoms with Gasteiger partial charge in [0.1, 0.15) is 0 Å². The zero-order chi connectivity index (χ0) is 10.5. The summed E-state index contributed by atoms with van der Waals surface area (Å²) in [4.78, 5) is 0. The minimum Gasteiger partial charge on any atom is -0.287 e. The lowest BCUT2D eigenvalue weighted by Gasteiger charge is -2.18. The van der Waals surface area contributed by atoms with Gasteiger partial charge in [-0.15, -0.1) is 0 Å². The van der Waals surface area contributed by atoms with E-state index in [9.17, 15) is 13.3 Å². The maximum absolute atomic E-state index is 12.2. The number of alkyl halides is 3. The summed E-state index contributed by atoms with van der Waals surface area (Å²) >= 11 is 1.87. The zero-order valence-corrected chi connectivity index (χ0v) is 9.61. The van der Waals surface area contributed by atoms with Crippen LogP contribution >= 0.6 is 23.8 Å². The molecule has 4 nitrogen and oxygen atoms in total. The largest absolute Gasteiger partial charge is 0.480 e. The van der Waals surface area contributed by atoms with Crippen molar-refractivity contribution in [2.24, 2.45) is 0 Å². The van der Waals surface area contributed by atoms with Crippen LogP contribution in [0, 0.1) is 0 Å². The highest BCUT2D eigenvalue weighted by Gasteiger charge is 2.39. The zero-order valence-electron chi connectivity index (χ0n) is 7.13. The van der Waals surface area contributed by atoms with Gasteiger partial charge in [-0.1, -0.05) is 0 Å². The first-order chi connectivity index (χ1) is 5.83. The molecule has 0 aliphatic carbocycles. The topological polar surface area (TPSA) is 44.8 Å². The summed E-state index contributed by atoms with van der Waals surface area (Å²) < 4.78 is 48.4. The maximum Gasteiger partial charge on any atom is 0.480 e. The minimum absolute atomic E-state index is 0.0413. The summed E-state index contributed by atoms with van der Waals surface area (Å²) in [5.41, 5.74) is 0. The third-order valence-corrected chi connectivity index (χ3v) is 2.80. The molecule has 0 aromatic rings. The van der Waals surface area contributed by atoms with Gasteiger partial charge in [-0.2, -0.15) is 8.78 Å². The minimum atomic E-state index is -4.14. The number of halogens is 3. The third kappa shape index (κ3) is 6.51. The Bertz CT molecular complexity index is 185. The van der Waals surface area contributed by atoms with Crippen molar-refractivity contribution >= 4 is 23.8 Å². The fourth-order valence-electron chi connectivity index (χ4n) is 0.533. The number of hydrogen-bond acceptors (Lipinski definition) is 4. The Morgan fingerprint density at radius 1 is 1.31 bits per heavy atom. The van der Waals surface area contributed by atoms with Crippen molar-refractivity contribution in [2.45, 2.75) is 18.9 Å². The van der Waals surface area contributed by atoms with E-state index in [0.717, 1.165) is 0 Å². The molecule has 0 rings (SSSR count). The average Bonchev–Trinajstić information content (AvgIpc) is 1.82. The van der Waals surface area contributed by atoms with Gasteiger partial charge in [-0.05, 0) is 13.8 Å².